The molecule has 242 valence electrons. The van der Waals surface area contributed by atoms with Gasteiger partial charge in [0.2, 0.25) is 0 Å². The molecule has 0 amide bonds. The van der Waals surface area contributed by atoms with Crippen LogP contribution >= 0.6 is 0 Å². The van der Waals surface area contributed by atoms with Crippen LogP contribution in [0.25, 0.3) is 98.9 Å². The SMILES string of the molecule is CC.CC.c1ccc(-n2c3ccc(-n4c5ccccc5c5c6oc7ccccc7c6ccc54)cc3c3c4oc5ccccc5c4ccc32)cc1. The van der Waals surface area contributed by atoms with E-state index in [1.165, 1.54) is 5.39 Å². The maximum atomic E-state index is 6.64. The molecule has 0 bridgehead atoms. The van der Waals surface area contributed by atoms with Crippen molar-refractivity contribution in [3.63, 3.8) is 0 Å². The van der Waals surface area contributed by atoms with Crippen LogP contribution in [-0.2, 0) is 0 Å². The zero-order valence-electron chi connectivity index (χ0n) is 28.6. The predicted octanol–water partition coefficient (Wildman–Crippen LogP) is 13.7. The maximum absolute atomic E-state index is 6.64. The Morgan fingerprint density at radius 2 is 0.800 bits per heavy atom. The zero-order chi connectivity index (χ0) is 33.9. The number of rotatable bonds is 2. The second kappa shape index (κ2) is 11.7. The fourth-order valence-corrected chi connectivity index (χ4v) is 7.78. The second-order valence-corrected chi connectivity index (χ2v) is 12.1. The Morgan fingerprint density at radius 3 is 1.42 bits per heavy atom. The third kappa shape index (κ3) is 4.12. The highest BCUT2D eigenvalue weighted by Gasteiger charge is 2.22. The van der Waals surface area contributed by atoms with Crippen molar-refractivity contribution in [1.82, 2.24) is 9.13 Å². The molecule has 0 saturated carbocycles. The lowest BCUT2D eigenvalue weighted by atomic mass is 10.1. The molecule has 0 aliphatic carbocycles. The van der Waals surface area contributed by atoms with Crippen LogP contribution in [-0.4, -0.2) is 9.13 Å². The highest BCUT2D eigenvalue weighted by molar-refractivity contribution is 6.26. The first kappa shape index (κ1) is 29.8. The van der Waals surface area contributed by atoms with Crippen LogP contribution in [0.5, 0.6) is 0 Å². The van der Waals surface area contributed by atoms with Gasteiger partial charge in [-0.05, 0) is 72.8 Å². The molecule has 0 unspecified atom stereocenters. The van der Waals surface area contributed by atoms with Gasteiger partial charge in [0.15, 0.2) is 0 Å². The Morgan fingerprint density at radius 1 is 0.340 bits per heavy atom. The van der Waals surface area contributed by atoms with Gasteiger partial charge in [0.1, 0.15) is 22.3 Å². The van der Waals surface area contributed by atoms with E-state index in [9.17, 15) is 0 Å². The molecular weight excluding hydrogens is 613 g/mol. The van der Waals surface area contributed by atoms with Gasteiger partial charge < -0.3 is 18.0 Å². The van der Waals surface area contributed by atoms with E-state index >= 15 is 0 Å². The average molecular weight is 649 g/mol. The van der Waals surface area contributed by atoms with E-state index in [1.54, 1.807) is 0 Å². The van der Waals surface area contributed by atoms with Gasteiger partial charge in [0, 0.05) is 43.7 Å². The topological polar surface area (TPSA) is 36.1 Å². The van der Waals surface area contributed by atoms with E-state index in [2.05, 4.69) is 143 Å². The Balaban J connectivity index is 0.000000814. The lowest BCUT2D eigenvalue weighted by Crippen LogP contribution is -1.95. The first-order chi connectivity index (χ1) is 24.8. The molecule has 0 aliphatic heterocycles. The van der Waals surface area contributed by atoms with Crippen LogP contribution in [0.4, 0.5) is 0 Å². The van der Waals surface area contributed by atoms with Crippen molar-refractivity contribution < 1.29 is 8.83 Å². The van der Waals surface area contributed by atoms with Crippen LogP contribution in [0.1, 0.15) is 27.7 Å². The van der Waals surface area contributed by atoms with Crippen LogP contribution in [0.2, 0.25) is 0 Å². The summed E-state index contributed by atoms with van der Waals surface area (Å²) in [6.07, 6.45) is 0. The third-order valence-corrected chi connectivity index (χ3v) is 9.71. The first-order valence-electron chi connectivity index (χ1n) is 17.6. The third-order valence-electron chi connectivity index (χ3n) is 9.71. The van der Waals surface area contributed by atoms with Crippen molar-refractivity contribution in [2.24, 2.45) is 0 Å². The molecule has 0 N–H and O–H groups in total. The van der Waals surface area contributed by atoms with E-state index in [1.807, 2.05) is 39.8 Å². The van der Waals surface area contributed by atoms with E-state index in [4.69, 9.17) is 8.83 Å². The molecule has 50 heavy (non-hydrogen) atoms. The highest BCUT2D eigenvalue weighted by Crippen LogP contribution is 2.44. The van der Waals surface area contributed by atoms with E-state index < -0.39 is 0 Å². The number of furan rings is 2. The van der Waals surface area contributed by atoms with Crippen LogP contribution in [0.3, 0.4) is 0 Å². The number of benzene rings is 7. The summed E-state index contributed by atoms with van der Waals surface area (Å²) in [4.78, 5) is 0. The number of hydrogen-bond acceptors (Lipinski definition) is 2. The van der Waals surface area contributed by atoms with Crippen molar-refractivity contribution in [3.05, 3.63) is 146 Å². The number of hydrogen-bond donors (Lipinski definition) is 0. The Labute approximate surface area is 289 Å². The molecule has 4 heterocycles. The summed E-state index contributed by atoms with van der Waals surface area (Å²) in [6.45, 7) is 8.00. The number of aromatic nitrogens is 2. The minimum Gasteiger partial charge on any atom is -0.455 e. The zero-order valence-corrected chi connectivity index (χ0v) is 28.6. The molecule has 0 fully saturated rings. The molecule has 0 atom stereocenters. The van der Waals surface area contributed by atoms with E-state index in [0.29, 0.717) is 0 Å². The molecule has 0 radical (unpaired) electrons. The summed E-state index contributed by atoms with van der Waals surface area (Å²) in [6, 6.07) is 51.6. The van der Waals surface area contributed by atoms with Crippen LogP contribution in [0.15, 0.2) is 154 Å². The minimum atomic E-state index is 0.902. The molecule has 11 aromatic rings. The van der Waals surface area contributed by atoms with Crippen molar-refractivity contribution in [1.29, 1.82) is 0 Å². The standard InChI is InChI=1S/C42H24N2O2.2C2H6/c1-2-10-25(11-3-1)43-34-21-18-26(24-32(34)40-36(43)23-20-30-28-13-6-9-17-38(28)46-42(30)40)44-33-15-7-4-14-31(33)39-35(44)22-19-29-27-12-5-8-16-37(27)45-41(29)39;2*1-2/h1-24H;2*1-2H3. The van der Waals surface area contributed by atoms with E-state index in [0.717, 1.165) is 93.5 Å². The van der Waals surface area contributed by atoms with Crippen LogP contribution in [0, 0.1) is 0 Å². The van der Waals surface area contributed by atoms with Gasteiger partial charge in [-0.3, -0.25) is 0 Å². The molecular formula is C46H36N2O2. The summed E-state index contributed by atoms with van der Waals surface area (Å²) in [5.74, 6) is 0. The largest absolute Gasteiger partial charge is 0.455 e. The Hall–Kier alpha value is -6.26. The Kier molecular flexibility index (Phi) is 6.99. The minimum absolute atomic E-state index is 0.902. The van der Waals surface area contributed by atoms with Crippen molar-refractivity contribution in [2.45, 2.75) is 27.7 Å². The van der Waals surface area contributed by atoms with E-state index in [-0.39, 0.29) is 0 Å². The molecule has 0 spiro atoms. The Bertz CT molecular complexity index is 3020. The quantitative estimate of drug-likeness (QED) is 0.187. The summed E-state index contributed by atoms with van der Waals surface area (Å²) in [5, 5.41) is 9.12. The van der Waals surface area contributed by atoms with Gasteiger partial charge in [-0.15, -0.1) is 0 Å². The lowest BCUT2D eigenvalue weighted by molar-refractivity contribution is 0.672. The fraction of sp³-hybridized carbons (Fsp3) is 0.0870. The molecule has 0 saturated heterocycles. The molecule has 4 nitrogen and oxygen atoms in total. The first-order valence-corrected chi connectivity index (χ1v) is 17.6. The molecule has 11 rings (SSSR count). The summed E-state index contributed by atoms with van der Waals surface area (Å²) >= 11 is 0. The van der Waals surface area contributed by atoms with Gasteiger partial charge in [-0.2, -0.15) is 0 Å². The van der Waals surface area contributed by atoms with Crippen molar-refractivity contribution in [3.8, 4) is 11.4 Å². The second-order valence-electron chi connectivity index (χ2n) is 12.1. The van der Waals surface area contributed by atoms with Gasteiger partial charge >= 0.3 is 0 Å². The van der Waals surface area contributed by atoms with Gasteiger partial charge in [-0.25, -0.2) is 0 Å². The number of nitrogens with zero attached hydrogens (tertiary/aromatic N) is 2. The van der Waals surface area contributed by atoms with Crippen molar-refractivity contribution >= 4 is 87.5 Å². The smallest absolute Gasteiger partial charge is 0.145 e. The molecule has 4 heteroatoms. The monoisotopic (exact) mass is 648 g/mol. The lowest BCUT2D eigenvalue weighted by Gasteiger charge is -2.10. The molecule has 4 aromatic heterocycles. The van der Waals surface area contributed by atoms with Gasteiger partial charge in [0.05, 0.1) is 32.8 Å². The summed E-state index contributed by atoms with van der Waals surface area (Å²) < 4.78 is 17.9. The fourth-order valence-electron chi connectivity index (χ4n) is 7.78. The normalized spacial score (nSPS) is 11.6. The van der Waals surface area contributed by atoms with Gasteiger partial charge in [0.25, 0.3) is 0 Å². The summed E-state index contributed by atoms with van der Waals surface area (Å²) in [5.41, 5.74) is 10.4. The maximum Gasteiger partial charge on any atom is 0.145 e. The molecule has 0 aliphatic rings. The van der Waals surface area contributed by atoms with Crippen LogP contribution < -0.4 is 0 Å². The number of fused-ring (bicyclic) bond motifs is 14. The highest BCUT2D eigenvalue weighted by atomic mass is 16.3. The number of para-hydroxylation sites is 4. The molecule has 7 aromatic carbocycles. The average Bonchev–Trinajstić information content (AvgIpc) is 3.94. The summed E-state index contributed by atoms with van der Waals surface area (Å²) in [7, 11) is 0. The van der Waals surface area contributed by atoms with Gasteiger partial charge in [-0.1, -0.05) is 100 Å². The van der Waals surface area contributed by atoms with Crippen molar-refractivity contribution in [2.75, 3.05) is 0 Å². The predicted molar refractivity (Wildman–Crippen MR) is 212 cm³/mol.